The van der Waals surface area contributed by atoms with E-state index < -0.39 is 21.9 Å². The van der Waals surface area contributed by atoms with Gasteiger partial charge in [-0.05, 0) is 24.6 Å². The Bertz CT molecular complexity index is 663. The van der Waals surface area contributed by atoms with Crippen molar-refractivity contribution in [2.45, 2.75) is 13.3 Å². The Morgan fingerprint density at radius 3 is 2.55 bits per heavy atom. The predicted octanol–water partition coefficient (Wildman–Crippen LogP) is 2.95. The van der Waals surface area contributed by atoms with Crippen molar-refractivity contribution < 1.29 is 17.1 Å². The van der Waals surface area contributed by atoms with E-state index in [9.17, 15) is 17.1 Å². The van der Waals surface area contributed by atoms with Crippen molar-refractivity contribution in [2.24, 2.45) is 5.92 Å². The molecule has 2 rings (SSSR count). The van der Waals surface area contributed by atoms with Gasteiger partial charge in [0.05, 0.1) is 15.8 Å². The lowest BCUT2D eigenvalue weighted by molar-refractivity contribution is -0.117. The van der Waals surface area contributed by atoms with Gasteiger partial charge in [-0.3, -0.25) is 4.79 Å². The fraction of sp³-hybridized carbons (Fsp3) is 0.417. The van der Waals surface area contributed by atoms with E-state index in [4.69, 9.17) is 23.2 Å². The molecular weight excluding hydrogens is 328 g/mol. The molecule has 1 saturated heterocycles. The molecule has 1 aliphatic heterocycles. The average molecular weight is 340 g/mol. The molecule has 0 spiro atoms. The zero-order chi connectivity index (χ0) is 15.1. The smallest absolute Gasteiger partial charge is 0.302 e. The van der Waals surface area contributed by atoms with Gasteiger partial charge in [0.1, 0.15) is 0 Å². The second-order valence-electron chi connectivity index (χ2n) is 4.83. The highest BCUT2D eigenvalue weighted by Crippen LogP contribution is 2.34. The summed E-state index contributed by atoms with van der Waals surface area (Å²) in [6, 6.07) is 3.19. The van der Waals surface area contributed by atoms with Crippen molar-refractivity contribution in [3.63, 3.8) is 0 Å². The number of rotatable bonds is 3. The summed E-state index contributed by atoms with van der Waals surface area (Å²) in [5.41, 5.74) is 1.32. The van der Waals surface area contributed by atoms with E-state index in [1.165, 1.54) is 4.90 Å². The number of anilines is 1. The number of nitrogens with zero attached hydrogens (tertiary/aromatic N) is 1. The van der Waals surface area contributed by atoms with Crippen LogP contribution in [-0.2, 0) is 15.0 Å². The topological polar surface area (TPSA) is 54.5 Å². The molecule has 1 amide bonds. The predicted molar refractivity (Wildman–Crippen MR) is 76.6 cm³/mol. The molecule has 0 bridgehead atoms. The van der Waals surface area contributed by atoms with E-state index >= 15 is 0 Å². The minimum absolute atomic E-state index is 0.00281. The summed E-state index contributed by atoms with van der Waals surface area (Å²) >= 11 is 11.8. The van der Waals surface area contributed by atoms with Gasteiger partial charge in [0.15, 0.2) is 0 Å². The Morgan fingerprint density at radius 2 is 1.95 bits per heavy atom. The van der Waals surface area contributed by atoms with Crippen LogP contribution in [0.4, 0.5) is 9.57 Å². The van der Waals surface area contributed by atoms with Crippen LogP contribution in [0.25, 0.3) is 0 Å². The zero-order valence-corrected chi connectivity index (χ0v) is 12.9. The molecule has 1 atom stereocenters. The molecule has 20 heavy (non-hydrogen) atoms. The minimum atomic E-state index is -4.59. The first-order chi connectivity index (χ1) is 9.17. The van der Waals surface area contributed by atoms with E-state index in [1.54, 1.807) is 19.1 Å². The molecule has 1 aromatic rings. The largest absolute Gasteiger partial charge is 0.312 e. The molecule has 1 aliphatic rings. The molecule has 4 nitrogen and oxygen atoms in total. The van der Waals surface area contributed by atoms with E-state index in [1.807, 2.05) is 0 Å². The van der Waals surface area contributed by atoms with Crippen LogP contribution in [0.5, 0.6) is 0 Å². The molecule has 0 radical (unpaired) electrons. The highest BCUT2D eigenvalue weighted by atomic mass is 35.5. The molecule has 1 unspecified atom stereocenters. The maximum absolute atomic E-state index is 12.7. The Morgan fingerprint density at radius 1 is 1.35 bits per heavy atom. The third-order valence-corrected chi connectivity index (χ3v) is 4.76. The van der Waals surface area contributed by atoms with Crippen LogP contribution in [-0.4, -0.2) is 26.6 Å². The molecular formula is C12H12Cl2FNO3S. The van der Waals surface area contributed by atoms with Gasteiger partial charge in [0, 0.05) is 24.6 Å². The Balaban J connectivity index is 2.26. The Labute approximate surface area is 126 Å². The average Bonchev–Trinajstić information content (AvgIpc) is 2.62. The molecule has 110 valence electrons. The second-order valence-corrected chi connectivity index (χ2v) is 7.06. The number of amides is 1. The highest BCUT2D eigenvalue weighted by Gasteiger charge is 2.34. The summed E-state index contributed by atoms with van der Waals surface area (Å²) in [6.45, 7) is 1.92. The number of carbonyl (C=O) groups excluding carboxylic acids is 1. The van der Waals surface area contributed by atoms with Gasteiger partial charge in [0.25, 0.3) is 0 Å². The number of aryl methyl sites for hydroxylation is 1. The van der Waals surface area contributed by atoms with Gasteiger partial charge in [-0.2, -0.15) is 8.42 Å². The van der Waals surface area contributed by atoms with Crippen LogP contribution in [0.15, 0.2) is 12.1 Å². The number of carbonyl (C=O) groups is 1. The number of benzene rings is 1. The molecule has 8 heteroatoms. The third kappa shape index (κ3) is 3.42. The van der Waals surface area contributed by atoms with Crippen molar-refractivity contribution in [3.8, 4) is 0 Å². The van der Waals surface area contributed by atoms with Gasteiger partial charge >= 0.3 is 10.2 Å². The van der Waals surface area contributed by atoms with Crippen molar-refractivity contribution in [3.05, 3.63) is 27.7 Å². The normalized spacial score (nSPS) is 19.7. The van der Waals surface area contributed by atoms with Crippen LogP contribution >= 0.6 is 23.2 Å². The fourth-order valence-corrected chi connectivity index (χ4v) is 3.50. The Kier molecular flexibility index (Phi) is 4.27. The number of hydrogen-bond donors (Lipinski definition) is 0. The van der Waals surface area contributed by atoms with Crippen LogP contribution < -0.4 is 4.90 Å². The van der Waals surface area contributed by atoms with Crippen LogP contribution in [0.1, 0.15) is 12.0 Å². The molecule has 1 fully saturated rings. The number of hydrogen-bond acceptors (Lipinski definition) is 3. The summed E-state index contributed by atoms with van der Waals surface area (Å²) in [6.07, 6.45) is 0.00281. The van der Waals surface area contributed by atoms with Gasteiger partial charge < -0.3 is 4.90 Å². The summed E-state index contributed by atoms with van der Waals surface area (Å²) in [5.74, 6) is -1.44. The van der Waals surface area contributed by atoms with Gasteiger partial charge in [-0.1, -0.05) is 23.2 Å². The standard InChI is InChI=1S/C12H12Cl2FNO3S/c1-7-2-9(13)10(14)4-11(7)16-5-8(3-12(16)17)6-20(15,18)19/h2,4,8H,3,5-6H2,1H3. The van der Waals surface area contributed by atoms with E-state index in [0.29, 0.717) is 15.7 Å². The minimum Gasteiger partial charge on any atom is -0.312 e. The zero-order valence-electron chi connectivity index (χ0n) is 10.6. The summed E-state index contributed by atoms with van der Waals surface area (Å²) in [4.78, 5) is 13.4. The summed E-state index contributed by atoms with van der Waals surface area (Å²) < 4.78 is 34.0. The highest BCUT2D eigenvalue weighted by molar-refractivity contribution is 7.86. The second kappa shape index (κ2) is 5.50. The molecule has 1 aromatic carbocycles. The maximum Gasteiger partial charge on any atom is 0.302 e. The fourth-order valence-electron chi connectivity index (χ4n) is 2.33. The molecule has 0 saturated carbocycles. The van der Waals surface area contributed by atoms with Gasteiger partial charge in [0.2, 0.25) is 5.91 Å². The summed E-state index contributed by atoms with van der Waals surface area (Å²) in [5, 5.41) is 0.684. The van der Waals surface area contributed by atoms with Crippen LogP contribution in [0.3, 0.4) is 0 Å². The summed E-state index contributed by atoms with van der Waals surface area (Å²) in [7, 11) is -4.59. The molecule has 0 N–H and O–H groups in total. The van der Waals surface area contributed by atoms with Crippen molar-refractivity contribution in [1.29, 1.82) is 0 Å². The third-order valence-electron chi connectivity index (χ3n) is 3.17. The van der Waals surface area contributed by atoms with Crippen LogP contribution in [0.2, 0.25) is 10.0 Å². The first-order valence-corrected chi connectivity index (χ1v) is 8.16. The van der Waals surface area contributed by atoms with Crippen molar-refractivity contribution in [1.82, 2.24) is 0 Å². The Hall–Kier alpha value is -0.850. The molecule has 0 aromatic heterocycles. The molecule has 1 heterocycles. The van der Waals surface area contributed by atoms with E-state index in [2.05, 4.69) is 0 Å². The van der Waals surface area contributed by atoms with Gasteiger partial charge in [-0.15, -0.1) is 3.89 Å². The van der Waals surface area contributed by atoms with E-state index in [0.717, 1.165) is 5.56 Å². The first-order valence-electron chi connectivity index (χ1n) is 5.85. The lowest BCUT2D eigenvalue weighted by atomic mass is 10.1. The molecule has 0 aliphatic carbocycles. The quantitative estimate of drug-likeness (QED) is 0.795. The lowest BCUT2D eigenvalue weighted by Crippen LogP contribution is -2.26. The monoisotopic (exact) mass is 339 g/mol. The van der Waals surface area contributed by atoms with Gasteiger partial charge in [-0.25, -0.2) is 0 Å². The van der Waals surface area contributed by atoms with Crippen molar-refractivity contribution >= 4 is 45.0 Å². The van der Waals surface area contributed by atoms with Crippen molar-refractivity contribution in [2.75, 3.05) is 17.2 Å². The number of halogens is 3. The maximum atomic E-state index is 12.7. The SMILES string of the molecule is Cc1cc(Cl)c(Cl)cc1N1CC(CS(=O)(=O)F)CC1=O. The van der Waals surface area contributed by atoms with E-state index in [-0.39, 0.29) is 18.9 Å². The lowest BCUT2D eigenvalue weighted by Gasteiger charge is -2.19. The van der Waals surface area contributed by atoms with Crippen LogP contribution in [0, 0.1) is 12.8 Å². The first kappa shape index (κ1) is 15.5.